The molecule has 1 aromatic carbocycles. The zero-order valence-electron chi connectivity index (χ0n) is 18.7. The summed E-state index contributed by atoms with van der Waals surface area (Å²) in [5, 5.41) is 3.68. The van der Waals surface area contributed by atoms with Gasteiger partial charge >= 0.3 is 0 Å². The number of hydrogen-bond acceptors (Lipinski definition) is 1. The Morgan fingerprint density at radius 1 is 1.07 bits per heavy atom. The summed E-state index contributed by atoms with van der Waals surface area (Å²) in [6, 6.07) is 8.80. The quantitative estimate of drug-likeness (QED) is 0.410. The summed E-state index contributed by atoms with van der Waals surface area (Å²) < 4.78 is 0. The molecule has 1 unspecified atom stereocenters. The van der Waals surface area contributed by atoms with Crippen molar-refractivity contribution in [2.75, 3.05) is 0 Å². The van der Waals surface area contributed by atoms with Gasteiger partial charge < -0.3 is 5.32 Å². The van der Waals surface area contributed by atoms with Crippen molar-refractivity contribution >= 4 is 0 Å². The number of nitrogens with one attached hydrogen (secondary N) is 1. The normalized spacial score (nSPS) is 14.2. The molecular weight excluding hydrogens is 338 g/mol. The van der Waals surface area contributed by atoms with Crippen LogP contribution in [0, 0.1) is 6.92 Å². The van der Waals surface area contributed by atoms with Crippen LogP contribution in [0.2, 0.25) is 0 Å². The van der Waals surface area contributed by atoms with Crippen LogP contribution in [0.25, 0.3) is 0 Å². The standard InChI is InChI=1S/C27H37N/c1-10-15-26(21(7)19(4)5)22(8)24(12-3)23(9)28-27(16-11-2)25-18-14-13-17-20(25)6/h10,12-15,17-18,27-28H,3-4,9,11,16H2,1-2,5-8H3/b15-10-,24-22+,26-21+. The Hall–Kier alpha value is -2.54. The van der Waals surface area contributed by atoms with E-state index in [4.69, 9.17) is 0 Å². The van der Waals surface area contributed by atoms with E-state index in [0.29, 0.717) is 0 Å². The highest BCUT2D eigenvalue weighted by Gasteiger charge is 2.16. The third-order valence-corrected chi connectivity index (χ3v) is 5.20. The van der Waals surface area contributed by atoms with Crippen LogP contribution in [0.3, 0.4) is 0 Å². The van der Waals surface area contributed by atoms with Crippen molar-refractivity contribution < 1.29 is 0 Å². The summed E-state index contributed by atoms with van der Waals surface area (Å²) in [5.41, 5.74) is 9.17. The minimum Gasteiger partial charge on any atom is -0.378 e. The predicted molar refractivity (Wildman–Crippen MR) is 126 cm³/mol. The number of hydrogen-bond donors (Lipinski definition) is 1. The Kier molecular flexibility index (Phi) is 9.51. The minimum atomic E-state index is 0.234. The lowest BCUT2D eigenvalue weighted by Gasteiger charge is -2.25. The maximum Gasteiger partial charge on any atom is 0.0516 e. The molecule has 28 heavy (non-hydrogen) atoms. The van der Waals surface area contributed by atoms with Crippen molar-refractivity contribution in [1.82, 2.24) is 5.32 Å². The number of benzene rings is 1. The predicted octanol–water partition coefficient (Wildman–Crippen LogP) is 7.91. The van der Waals surface area contributed by atoms with Gasteiger partial charge in [0.15, 0.2) is 0 Å². The summed E-state index contributed by atoms with van der Waals surface area (Å²) >= 11 is 0. The lowest BCUT2D eigenvalue weighted by molar-refractivity contribution is 0.546. The van der Waals surface area contributed by atoms with Gasteiger partial charge in [0.05, 0.1) is 6.04 Å². The highest BCUT2D eigenvalue weighted by Crippen LogP contribution is 2.29. The van der Waals surface area contributed by atoms with Gasteiger partial charge in [-0.05, 0) is 74.5 Å². The van der Waals surface area contributed by atoms with Gasteiger partial charge in [0.1, 0.15) is 0 Å². The number of rotatable bonds is 10. The Balaban J connectivity index is 3.36. The van der Waals surface area contributed by atoms with Gasteiger partial charge in [0, 0.05) is 5.70 Å². The third-order valence-electron chi connectivity index (χ3n) is 5.20. The molecule has 1 heteroatoms. The average molecular weight is 376 g/mol. The molecular formula is C27H37N. The van der Waals surface area contributed by atoms with E-state index in [1.54, 1.807) is 0 Å². The molecule has 150 valence electrons. The molecule has 0 aliphatic rings. The van der Waals surface area contributed by atoms with Crippen molar-refractivity contribution in [3.05, 3.63) is 107 Å². The zero-order valence-corrected chi connectivity index (χ0v) is 18.7. The van der Waals surface area contributed by atoms with Crippen LogP contribution in [0.5, 0.6) is 0 Å². The molecule has 1 rings (SSSR count). The van der Waals surface area contributed by atoms with Gasteiger partial charge in [0.2, 0.25) is 0 Å². The fourth-order valence-corrected chi connectivity index (χ4v) is 3.44. The second-order valence-corrected chi connectivity index (χ2v) is 7.38. The van der Waals surface area contributed by atoms with Crippen LogP contribution in [0.4, 0.5) is 0 Å². The van der Waals surface area contributed by atoms with E-state index in [2.05, 4.69) is 89.2 Å². The first-order valence-corrected chi connectivity index (χ1v) is 10.1. The molecule has 0 radical (unpaired) electrons. The fourth-order valence-electron chi connectivity index (χ4n) is 3.44. The monoisotopic (exact) mass is 375 g/mol. The van der Waals surface area contributed by atoms with Crippen LogP contribution < -0.4 is 5.32 Å². The summed E-state index contributed by atoms with van der Waals surface area (Å²) in [7, 11) is 0. The SMILES string of the molecule is C=C\C(C(=C)NC(CCC)c1ccccc1C)=C(C)/C(/C=C\C)=C(\C)C(=C)C. The molecule has 0 aliphatic carbocycles. The van der Waals surface area contributed by atoms with Crippen molar-refractivity contribution in [3.8, 4) is 0 Å². The zero-order chi connectivity index (χ0) is 21.3. The average Bonchev–Trinajstić information content (AvgIpc) is 2.66. The Morgan fingerprint density at radius 2 is 1.71 bits per heavy atom. The largest absolute Gasteiger partial charge is 0.378 e. The summed E-state index contributed by atoms with van der Waals surface area (Å²) in [5.74, 6) is 0. The maximum atomic E-state index is 4.36. The molecule has 0 amide bonds. The van der Waals surface area contributed by atoms with E-state index in [9.17, 15) is 0 Å². The molecule has 0 heterocycles. The Morgan fingerprint density at radius 3 is 2.21 bits per heavy atom. The van der Waals surface area contributed by atoms with Crippen molar-refractivity contribution in [1.29, 1.82) is 0 Å². The van der Waals surface area contributed by atoms with Crippen molar-refractivity contribution in [2.45, 2.75) is 60.4 Å². The van der Waals surface area contributed by atoms with E-state index in [1.165, 1.54) is 22.3 Å². The van der Waals surface area contributed by atoms with Crippen molar-refractivity contribution in [2.24, 2.45) is 0 Å². The van der Waals surface area contributed by atoms with E-state index in [0.717, 1.165) is 35.3 Å². The van der Waals surface area contributed by atoms with Crippen LogP contribution in [0.15, 0.2) is 95.8 Å². The second-order valence-electron chi connectivity index (χ2n) is 7.38. The molecule has 0 fully saturated rings. The molecule has 0 aliphatic heterocycles. The Bertz CT molecular complexity index is 814. The molecule has 1 nitrogen and oxygen atoms in total. The summed E-state index contributed by atoms with van der Waals surface area (Å²) in [6.45, 7) is 25.3. The third kappa shape index (κ3) is 5.99. The summed E-state index contributed by atoms with van der Waals surface area (Å²) in [6.07, 6.45) is 8.26. The number of allylic oxidation sites excluding steroid dienone is 7. The fraction of sp³-hybridized carbons (Fsp3) is 0.333. The van der Waals surface area contributed by atoms with E-state index >= 15 is 0 Å². The second kappa shape index (κ2) is 11.3. The van der Waals surface area contributed by atoms with E-state index < -0.39 is 0 Å². The van der Waals surface area contributed by atoms with Crippen LogP contribution >= 0.6 is 0 Å². The molecule has 0 spiro atoms. The minimum absolute atomic E-state index is 0.234. The lowest BCUT2D eigenvalue weighted by Crippen LogP contribution is -2.22. The highest BCUT2D eigenvalue weighted by atomic mass is 14.9. The first kappa shape index (κ1) is 23.5. The molecule has 1 aromatic rings. The topological polar surface area (TPSA) is 12.0 Å². The van der Waals surface area contributed by atoms with Crippen LogP contribution in [-0.4, -0.2) is 0 Å². The molecule has 1 N–H and O–H groups in total. The molecule has 1 atom stereocenters. The van der Waals surface area contributed by atoms with Gasteiger partial charge in [-0.1, -0.05) is 81.1 Å². The molecule has 0 aromatic heterocycles. The summed E-state index contributed by atoms with van der Waals surface area (Å²) in [4.78, 5) is 0. The van der Waals surface area contributed by atoms with Crippen molar-refractivity contribution in [3.63, 3.8) is 0 Å². The van der Waals surface area contributed by atoms with E-state index in [-0.39, 0.29) is 6.04 Å². The molecule has 0 bridgehead atoms. The van der Waals surface area contributed by atoms with Gasteiger partial charge in [-0.2, -0.15) is 0 Å². The van der Waals surface area contributed by atoms with Gasteiger partial charge in [-0.25, -0.2) is 0 Å². The lowest BCUT2D eigenvalue weighted by atomic mass is 9.92. The van der Waals surface area contributed by atoms with Crippen LogP contribution in [0.1, 0.15) is 64.6 Å². The number of aryl methyl sites for hydroxylation is 1. The Labute approximate surface area is 173 Å². The van der Waals surface area contributed by atoms with Crippen LogP contribution in [-0.2, 0) is 0 Å². The maximum absolute atomic E-state index is 4.36. The smallest absolute Gasteiger partial charge is 0.0516 e. The van der Waals surface area contributed by atoms with Gasteiger partial charge in [-0.3, -0.25) is 0 Å². The van der Waals surface area contributed by atoms with E-state index in [1.807, 2.05) is 19.9 Å². The van der Waals surface area contributed by atoms with Gasteiger partial charge in [-0.15, -0.1) is 0 Å². The van der Waals surface area contributed by atoms with Gasteiger partial charge in [0.25, 0.3) is 0 Å². The molecule has 0 saturated carbocycles. The highest BCUT2D eigenvalue weighted by molar-refractivity contribution is 5.55. The first-order valence-electron chi connectivity index (χ1n) is 10.1. The first-order chi connectivity index (χ1) is 13.3. The molecule has 0 saturated heterocycles.